The fraction of sp³-hybridized carbons (Fsp3) is 0.167. The topological polar surface area (TPSA) is 85.2 Å². The van der Waals surface area contributed by atoms with Crippen molar-refractivity contribution in [1.29, 1.82) is 5.26 Å². The first kappa shape index (κ1) is 17.5. The van der Waals surface area contributed by atoms with E-state index >= 15 is 0 Å². The Morgan fingerprint density at radius 1 is 1.19 bits per heavy atom. The molecule has 0 bridgehead atoms. The Morgan fingerprint density at radius 2 is 2.04 bits per heavy atom. The fourth-order valence-corrected chi connectivity index (χ4v) is 4.28. The van der Waals surface area contributed by atoms with Crippen LogP contribution in [-0.2, 0) is 12.3 Å². The van der Waals surface area contributed by atoms with Crippen molar-refractivity contribution in [2.75, 3.05) is 0 Å². The van der Waals surface area contributed by atoms with E-state index in [-0.39, 0.29) is 0 Å². The second kappa shape index (κ2) is 7.73. The third kappa shape index (κ3) is 3.63. The van der Waals surface area contributed by atoms with E-state index < -0.39 is 0 Å². The number of hydrogen-bond acceptors (Lipinski definition) is 7. The summed E-state index contributed by atoms with van der Waals surface area (Å²) in [4.78, 5) is 1.19. The summed E-state index contributed by atoms with van der Waals surface area (Å²) in [6, 6.07) is 16.2. The maximum Gasteiger partial charge on any atom is 0.210 e. The van der Waals surface area contributed by atoms with E-state index in [1.807, 2.05) is 53.4 Å². The van der Waals surface area contributed by atoms with E-state index in [0.29, 0.717) is 23.0 Å². The van der Waals surface area contributed by atoms with Gasteiger partial charge in [0.25, 0.3) is 0 Å². The molecule has 0 amide bonds. The van der Waals surface area contributed by atoms with E-state index in [1.165, 1.54) is 16.6 Å². The zero-order valence-electron chi connectivity index (χ0n) is 14.5. The van der Waals surface area contributed by atoms with Crippen LogP contribution in [0.1, 0.15) is 21.8 Å². The SMILES string of the molecule is Cc1nn(-c2ccccc2)c(CSc2nnnn2Cc2cccs2)c1C#N. The quantitative estimate of drug-likeness (QED) is 0.467. The number of nitriles is 1. The van der Waals surface area contributed by atoms with Gasteiger partial charge < -0.3 is 0 Å². The Bertz CT molecular complexity index is 1080. The van der Waals surface area contributed by atoms with Gasteiger partial charge in [0.15, 0.2) is 0 Å². The molecule has 1 aromatic carbocycles. The highest BCUT2D eigenvalue weighted by Crippen LogP contribution is 2.26. The summed E-state index contributed by atoms with van der Waals surface area (Å²) in [6.45, 7) is 2.49. The molecular formula is C18H15N7S2. The maximum absolute atomic E-state index is 9.59. The second-order valence-electron chi connectivity index (χ2n) is 5.75. The van der Waals surface area contributed by atoms with E-state index in [9.17, 15) is 5.26 Å². The Hall–Kier alpha value is -2.96. The number of hydrogen-bond donors (Lipinski definition) is 0. The van der Waals surface area contributed by atoms with Gasteiger partial charge in [-0.05, 0) is 40.9 Å². The molecule has 0 N–H and O–H groups in total. The van der Waals surface area contributed by atoms with Gasteiger partial charge in [-0.1, -0.05) is 36.0 Å². The Labute approximate surface area is 164 Å². The molecule has 0 saturated carbocycles. The first-order valence-electron chi connectivity index (χ1n) is 8.21. The van der Waals surface area contributed by atoms with Crippen LogP contribution < -0.4 is 0 Å². The highest BCUT2D eigenvalue weighted by atomic mass is 32.2. The lowest BCUT2D eigenvalue weighted by Crippen LogP contribution is -2.05. The van der Waals surface area contributed by atoms with Gasteiger partial charge >= 0.3 is 0 Å². The van der Waals surface area contributed by atoms with E-state index in [1.54, 1.807) is 16.0 Å². The number of aromatic nitrogens is 6. The first-order valence-corrected chi connectivity index (χ1v) is 10.1. The lowest BCUT2D eigenvalue weighted by molar-refractivity contribution is 0.608. The molecule has 0 unspecified atom stereocenters. The number of para-hydroxylation sites is 1. The average Bonchev–Trinajstić information content (AvgIpc) is 3.42. The van der Waals surface area contributed by atoms with Crippen LogP contribution in [0.15, 0.2) is 53.0 Å². The molecule has 3 heterocycles. The van der Waals surface area contributed by atoms with Gasteiger partial charge in [-0.25, -0.2) is 9.36 Å². The van der Waals surface area contributed by atoms with Gasteiger partial charge in [-0.3, -0.25) is 0 Å². The smallest absolute Gasteiger partial charge is 0.210 e. The third-order valence-electron chi connectivity index (χ3n) is 3.99. The van der Waals surface area contributed by atoms with Crippen molar-refractivity contribution < 1.29 is 0 Å². The van der Waals surface area contributed by atoms with Gasteiger partial charge in [0.1, 0.15) is 6.07 Å². The number of tetrazole rings is 1. The van der Waals surface area contributed by atoms with Crippen LogP contribution in [0.5, 0.6) is 0 Å². The van der Waals surface area contributed by atoms with Crippen LogP contribution in [0.25, 0.3) is 5.69 Å². The second-order valence-corrected chi connectivity index (χ2v) is 7.73. The molecule has 4 aromatic rings. The molecule has 3 aromatic heterocycles. The normalized spacial score (nSPS) is 10.8. The molecule has 0 saturated heterocycles. The van der Waals surface area contributed by atoms with Crippen molar-refractivity contribution in [2.24, 2.45) is 0 Å². The Morgan fingerprint density at radius 3 is 2.78 bits per heavy atom. The minimum absolute atomic E-state index is 0.545. The predicted octanol–water partition coefficient (Wildman–Crippen LogP) is 3.44. The van der Waals surface area contributed by atoms with Gasteiger partial charge in [-0.2, -0.15) is 10.4 Å². The van der Waals surface area contributed by atoms with E-state index in [2.05, 4.69) is 32.8 Å². The van der Waals surface area contributed by atoms with Crippen LogP contribution in [0.4, 0.5) is 0 Å². The molecule has 0 atom stereocenters. The summed E-state index contributed by atoms with van der Waals surface area (Å²) in [6.07, 6.45) is 0. The molecule has 0 radical (unpaired) electrons. The minimum atomic E-state index is 0.545. The summed E-state index contributed by atoms with van der Waals surface area (Å²) in [7, 11) is 0. The predicted molar refractivity (Wildman–Crippen MR) is 104 cm³/mol. The van der Waals surface area contributed by atoms with Crippen LogP contribution in [-0.4, -0.2) is 30.0 Å². The van der Waals surface area contributed by atoms with Crippen LogP contribution >= 0.6 is 23.1 Å². The molecule has 27 heavy (non-hydrogen) atoms. The third-order valence-corrected chi connectivity index (χ3v) is 5.82. The Balaban J connectivity index is 1.61. The molecule has 0 fully saturated rings. The summed E-state index contributed by atoms with van der Waals surface area (Å²) in [5, 5.41) is 28.9. The largest absolute Gasteiger partial charge is 0.235 e. The van der Waals surface area contributed by atoms with Crippen molar-refractivity contribution in [3.8, 4) is 11.8 Å². The number of benzene rings is 1. The lowest BCUT2D eigenvalue weighted by atomic mass is 10.2. The van der Waals surface area contributed by atoms with Gasteiger partial charge in [-0.15, -0.1) is 16.4 Å². The molecule has 4 rings (SSSR count). The maximum atomic E-state index is 9.59. The zero-order valence-corrected chi connectivity index (χ0v) is 16.1. The Kier molecular flexibility index (Phi) is 5.00. The van der Waals surface area contributed by atoms with Crippen LogP contribution in [0.2, 0.25) is 0 Å². The molecular weight excluding hydrogens is 378 g/mol. The van der Waals surface area contributed by atoms with Crippen molar-refractivity contribution >= 4 is 23.1 Å². The van der Waals surface area contributed by atoms with E-state index in [0.717, 1.165) is 17.1 Å². The number of aryl methyl sites for hydroxylation is 1. The molecule has 0 spiro atoms. The van der Waals surface area contributed by atoms with Crippen molar-refractivity contribution in [1.82, 2.24) is 30.0 Å². The number of thiophene rings is 1. The molecule has 0 aliphatic rings. The number of nitrogens with zero attached hydrogens (tertiary/aromatic N) is 7. The van der Waals surface area contributed by atoms with Crippen LogP contribution in [0.3, 0.4) is 0 Å². The molecule has 134 valence electrons. The lowest BCUT2D eigenvalue weighted by Gasteiger charge is -2.08. The standard InChI is InChI=1S/C18H15N7S2/c1-13-16(10-19)17(25(21-13)14-6-3-2-4-7-14)12-27-18-20-22-23-24(18)11-15-8-5-9-26-15/h2-9H,11-12H2,1H3. The van der Waals surface area contributed by atoms with Gasteiger partial charge in [0, 0.05) is 10.6 Å². The summed E-state index contributed by atoms with van der Waals surface area (Å²) in [5.74, 6) is 0.545. The highest BCUT2D eigenvalue weighted by molar-refractivity contribution is 7.98. The fourth-order valence-electron chi connectivity index (χ4n) is 2.72. The van der Waals surface area contributed by atoms with Crippen molar-refractivity contribution in [3.63, 3.8) is 0 Å². The van der Waals surface area contributed by atoms with Gasteiger partial charge in [0.05, 0.1) is 29.2 Å². The summed E-state index contributed by atoms with van der Waals surface area (Å²) < 4.78 is 3.60. The molecule has 0 aliphatic heterocycles. The minimum Gasteiger partial charge on any atom is -0.235 e. The molecule has 0 aliphatic carbocycles. The summed E-state index contributed by atoms with van der Waals surface area (Å²) in [5.41, 5.74) is 3.09. The molecule has 7 nitrogen and oxygen atoms in total. The number of rotatable bonds is 6. The van der Waals surface area contributed by atoms with Crippen molar-refractivity contribution in [2.45, 2.75) is 24.4 Å². The average molecular weight is 394 g/mol. The van der Waals surface area contributed by atoms with Crippen LogP contribution in [0, 0.1) is 18.3 Å². The monoisotopic (exact) mass is 393 g/mol. The van der Waals surface area contributed by atoms with Gasteiger partial charge in [0.2, 0.25) is 5.16 Å². The van der Waals surface area contributed by atoms with Crippen molar-refractivity contribution in [3.05, 3.63) is 69.7 Å². The molecule has 9 heteroatoms. The summed E-state index contributed by atoms with van der Waals surface area (Å²) >= 11 is 3.17. The van der Waals surface area contributed by atoms with E-state index in [4.69, 9.17) is 0 Å². The highest BCUT2D eigenvalue weighted by Gasteiger charge is 2.18. The first-order chi connectivity index (χ1) is 13.3. The zero-order chi connectivity index (χ0) is 18.6. The number of thioether (sulfide) groups is 1.